The van der Waals surface area contributed by atoms with Crippen molar-refractivity contribution in [2.24, 2.45) is 5.92 Å². The standard InChI is InChI=1S/C26H28N4O2S/c1-16(2)25(23-5-4-14-33-23)30-26(32)19-9-12-21-22(15-19)29-24(28-21)13-8-18-6-10-20(11-7-18)27-17(3)31/h4-7,9-12,14-16,25H,8,13H2,1-3H3,(H,27,31)(H,28,29)(H,30,32). The van der Waals surface area contributed by atoms with Gasteiger partial charge in [0.1, 0.15) is 5.82 Å². The molecule has 170 valence electrons. The van der Waals surface area contributed by atoms with Crippen molar-refractivity contribution >= 4 is 39.9 Å². The van der Waals surface area contributed by atoms with Crippen molar-refractivity contribution in [3.8, 4) is 0 Å². The number of carbonyl (C=O) groups is 2. The molecule has 33 heavy (non-hydrogen) atoms. The first-order valence-corrected chi connectivity index (χ1v) is 12.0. The van der Waals surface area contributed by atoms with Crippen molar-refractivity contribution in [3.63, 3.8) is 0 Å². The average molecular weight is 461 g/mol. The Kier molecular flexibility index (Phi) is 6.89. The van der Waals surface area contributed by atoms with E-state index in [4.69, 9.17) is 0 Å². The lowest BCUT2D eigenvalue weighted by Crippen LogP contribution is -2.31. The van der Waals surface area contributed by atoms with Gasteiger partial charge in [-0.1, -0.05) is 32.0 Å². The van der Waals surface area contributed by atoms with Crippen molar-refractivity contribution in [1.82, 2.24) is 15.3 Å². The van der Waals surface area contributed by atoms with Crippen LogP contribution in [0, 0.1) is 5.92 Å². The van der Waals surface area contributed by atoms with Gasteiger partial charge in [-0.2, -0.15) is 0 Å². The molecule has 1 unspecified atom stereocenters. The van der Waals surface area contributed by atoms with Crippen LogP contribution in [-0.4, -0.2) is 21.8 Å². The molecule has 3 N–H and O–H groups in total. The fourth-order valence-corrected chi connectivity index (χ4v) is 4.75. The maximum atomic E-state index is 12.9. The molecule has 0 bridgehead atoms. The molecule has 2 heterocycles. The first-order chi connectivity index (χ1) is 15.9. The van der Waals surface area contributed by atoms with E-state index in [0.717, 1.165) is 45.8 Å². The number of aromatic nitrogens is 2. The Morgan fingerprint density at radius 1 is 1.06 bits per heavy atom. The van der Waals surface area contributed by atoms with Gasteiger partial charge in [-0.25, -0.2) is 4.98 Å². The van der Waals surface area contributed by atoms with E-state index in [-0.39, 0.29) is 17.9 Å². The lowest BCUT2D eigenvalue weighted by Gasteiger charge is -2.21. The number of hydrogen-bond acceptors (Lipinski definition) is 4. The van der Waals surface area contributed by atoms with E-state index in [1.807, 2.05) is 53.9 Å². The maximum Gasteiger partial charge on any atom is 0.251 e. The quantitative estimate of drug-likeness (QED) is 0.325. The molecule has 4 aromatic rings. The molecule has 0 fully saturated rings. The van der Waals surface area contributed by atoms with Gasteiger partial charge in [0.25, 0.3) is 5.91 Å². The molecule has 0 aliphatic carbocycles. The van der Waals surface area contributed by atoms with Gasteiger partial charge < -0.3 is 15.6 Å². The second kappa shape index (κ2) is 10.0. The third-order valence-corrected chi connectivity index (χ3v) is 6.48. The molecular weight excluding hydrogens is 432 g/mol. The normalized spacial score (nSPS) is 12.1. The van der Waals surface area contributed by atoms with Crippen LogP contribution in [0.1, 0.15) is 53.4 Å². The summed E-state index contributed by atoms with van der Waals surface area (Å²) in [5.74, 6) is 1.01. The molecule has 0 saturated heterocycles. The molecule has 0 radical (unpaired) electrons. The van der Waals surface area contributed by atoms with Gasteiger partial charge in [0.2, 0.25) is 5.91 Å². The Morgan fingerprint density at radius 3 is 2.52 bits per heavy atom. The number of amides is 2. The van der Waals surface area contributed by atoms with Crippen LogP contribution >= 0.6 is 11.3 Å². The molecule has 2 aromatic heterocycles. The van der Waals surface area contributed by atoms with Crippen molar-refractivity contribution < 1.29 is 9.59 Å². The fraction of sp³-hybridized carbons (Fsp3) is 0.269. The number of nitrogens with zero attached hydrogens (tertiary/aromatic N) is 1. The lowest BCUT2D eigenvalue weighted by atomic mass is 10.0. The summed E-state index contributed by atoms with van der Waals surface area (Å²) in [7, 11) is 0. The Balaban J connectivity index is 1.42. The van der Waals surface area contributed by atoms with Gasteiger partial charge in [-0.15, -0.1) is 11.3 Å². The minimum absolute atomic E-state index is 0.0115. The minimum Gasteiger partial charge on any atom is -0.344 e. The fourth-order valence-electron chi connectivity index (χ4n) is 3.80. The summed E-state index contributed by atoms with van der Waals surface area (Å²) in [5.41, 5.74) is 4.28. The number of fused-ring (bicyclic) bond motifs is 1. The summed E-state index contributed by atoms with van der Waals surface area (Å²) in [4.78, 5) is 33.3. The smallest absolute Gasteiger partial charge is 0.251 e. The summed E-state index contributed by atoms with van der Waals surface area (Å²) in [6, 6.07) is 17.5. The summed E-state index contributed by atoms with van der Waals surface area (Å²) in [5, 5.41) is 7.99. The van der Waals surface area contributed by atoms with Gasteiger partial charge in [-0.3, -0.25) is 9.59 Å². The summed E-state index contributed by atoms with van der Waals surface area (Å²) in [6.45, 7) is 5.72. The molecule has 0 spiro atoms. The van der Waals surface area contributed by atoms with Crippen LogP contribution in [0.4, 0.5) is 5.69 Å². The third-order valence-electron chi connectivity index (χ3n) is 5.52. The molecule has 2 aromatic carbocycles. The predicted molar refractivity (Wildman–Crippen MR) is 134 cm³/mol. The predicted octanol–water partition coefficient (Wildman–Crippen LogP) is 5.50. The number of hydrogen-bond donors (Lipinski definition) is 3. The Bertz CT molecular complexity index is 1240. The van der Waals surface area contributed by atoms with E-state index in [9.17, 15) is 9.59 Å². The van der Waals surface area contributed by atoms with E-state index in [1.165, 1.54) is 6.92 Å². The topological polar surface area (TPSA) is 86.9 Å². The van der Waals surface area contributed by atoms with Gasteiger partial charge in [0.05, 0.1) is 17.1 Å². The molecule has 6 nitrogen and oxygen atoms in total. The van der Waals surface area contributed by atoms with Crippen LogP contribution in [-0.2, 0) is 17.6 Å². The second-order valence-corrected chi connectivity index (χ2v) is 9.48. The summed E-state index contributed by atoms with van der Waals surface area (Å²) >= 11 is 1.66. The zero-order valence-corrected chi connectivity index (χ0v) is 19.8. The number of thiophene rings is 1. The SMILES string of the molecule is CC(=O)Nc1ccc(CCc2nc3ccc(C(=O)NC(c4cccs4)C(C)C)cc3[nH]2)cc1. The summed E-state index contributed by atoms with van der Waals surface area (Å²) < 4.78 is 0. The molecule has 0 aliphatic heterocycles. The van der Waals surface area contributed by atoms with Crippen molar-refractivity contribution in [1.29, 1.82) is 0 Å². The first kappa shape index (κ1) is 22.7. The molecule has 0 saturated carbocycles. The third kappa shape index (κ3) is 5.68. The first-order valence-electron chi connectivity index (χ1n) is 11.1. The lowest BCUT2D eigenvalue weighted by molar-refractivity contribution is -0.114. The van der Waals surface area contributed by atoms with Crippen LogP contribution in [0.25, 0.3) is 11.0 Å². The number of anilines is 1. The van der Waals surface area contributed by atoms with Gasteiger partial charge in [0, 0.05) is 29.5 Å². The zero-order valence-electron chi connectivity index (χ0n) is 19.0. The van der Waals surface area contributed by atoms with E-state index in [0.29, 0.717) is 11.5 Å². The number of carbonyl (C=O) groups excluding carboxylic acids is 2. The molecule has 4 rings (SSSR count). The number of nitrogens with one attached hydrogen (secondary N) is 3. The van der Waals surface area contributed by atoms with Gasteiger partial charge >= 0.3 is 0 Å². The number of imidazole rings is 1. The van der Waals surface area contributed by atoms with Crippen LogP contribution in [0.2, 0.25) is 0 Å². The highest BCUT2D eigenvalue weighted by molar-refractivity contribution is 7.10. The van der Waals surface area contributed by atoms with Crippen LogP contribution in [0.5, 0.6) is 0 Å². The maximum absolute atomic E-state index is 12.9. The molecular formula is C26H28N4O2S. The highest BCUT2D eigenvalue weighted by Crippen LogP contribution is 2.26. The number of benzene rings is 2. The molecule has 0 aliphatic rings. The van der Waals surface area contributed by atoms with Gasteiger partial charge in [0.15, 0.2) is 0 Å². The van der Waals surface area contributed by atoms with E-state index >= 15 is 0 Å². The highest BCUT2D eigenvalue weighted by atomic mass is 32.1. The molecule has 1 atom stereocenters. The van der Waals surface area contributed by atoms with Crippen LogP contribution in [0.15, 0.2) is 60.0 Å². The Labute approximate surface area is 197 Å². The van der Waals surface area contributed by atoms with Crippen molar-refractivity contribution in [2.45, 2.75) is 39.7 Å². The molecule has 2 amide bonds. The van der Waals surface area contributed by atoms with E-state index in [2.05, 4.69) is 40.5 Å². The van der Waals surface area contributed by atoms with Gasteiger partial charge in [-0.05, 0) is 59.7 Å². The zero-order chi connectivity index (χ0) is 23.4. The number of aromatic amines is 1. The van der Waals surface area contributed by atoms with E-state index < -0.39 is 0 Å². The average Bonchev–Trinajstić information content (AvgIpc) is 3.45. The van der Waals surface area contributed by atoms with Crippen LogP contribution < -0.4 is 10.6 Å². The number of rotatable bonds is 8. The minimum atomic E-state index is -0.0839. The Morgan fingerprint density at radius 2 is 1.85 bits per heavy atom. The molecule has 7 heteroatoms. The second-order valence-electron chi connectivity index (χ2n) is 8.50. The van der Waals surface area contributed by atoms with E-state index in [1.54, 1.807) is 11.3 Å². The Hall–Kier alpha value is -3.45. The number of H-pyrrole nitrogens is 1. The summed E-state index contributed by atoms with van der Waals surface area (Å²) in [6.07, 6.45) is 1.58. The van der Waals surface area contributed by atoms with Crippen LogP contribution in [0.3, 0.4) is 0 Å². The number of aryl methyl sites for hydroxylation is 2. The van der Waals surface area contributed by atoms with Crippen molar-refractivity contribution in [3.05, 3.63) is 81.8 Å². The monoisotopic (exact) mass is 460 g/mol. The largest absolute Gasteiger partial charge is 0.344 e. The highest BCUT2D eigenvalue weighted by Gasteiger charge is 2.20. The van der Waals surface area contributed by atoms with Crippen molar-refractivity contribution in [2.75, 3.05) is 5.32 Å².